The lowest BCUT2D eigenvalue weighted by molar-refractivity contribution is 1.16. The van der Waals surface area contributed by atoms with Crippen molar-refractivity contribution in [2.45, 2.75) is 0 Å². The summed E-state index contributed by atoms with van der Waals surface area (Å²) in [5.41, 5.74) is 15.2. The number of anilines is 3. The Balaban J connectivity index is 0.900. The van der Waals surface area contributed by atoms with E-state index < -0.39 is 0 Å². The predicted molar refractivity (Wildman–Crippen MR) is 276 cm³/mol. The first-order valence-electron chi connectivity index (χ1n) is 22.3. The van der Waals surface area contributed by atoms with Crippen molar-refractivity contribution in [3.63, 3.8) is 0 Å². The van der Waals surface area contributed by atoms with Crippen LogP contribution in [0.3, 0.4) is 0 Å². The topological polar surface area (TPSA) is 13.1 Å². The molecule has 0 atom stereocenters. The highest BCUT2D eigenvalue weighted by Crippen LogP contribution is 2.43. The van der Waals surface area contributed by atoms with Crippen LogP contribution in [0.2, 0.25) is 0 Å². The Morgan fingerprint density at radius 1 is 0.262 bits per heavy atom. The minimum absolute atomic E-state index is 1.10. The summed E-state index contributed by atoms with van der Waals surface area (Å²) in [5, 5.41) is 10.1. The Morgan fingerprint density at radius 3 is 1.49 bits per heavy atom. The Bertz CT molecular complexity index is 3890. The molecule has 0 bridgehead atoms. The number of benzene rings is 11. The number of hydrogen-bond acceptors (Lipinski definition) is 1. The Kier molecular flexibility index (Phi) is 8.53. The van der Waals surface area contributed by atoms with E-state index in [4.69, 9.17) is 0 Å². The molecule has 65 heavy (non-hydrogen) atoms. The van der Waals surface area contributed by atoms with Crippen molar-refractivity contribution < 1.29 is 0 Å². The maximum atomic E-state index is 2.46. The Labute approximate surface area is 376 Å². The van der Waals surface area contributed by atoms with Crippen molar-refractivity contribution >= 4 is 82.2 Å². The molecule has 13 rings (SSSR count). The lowest BCUT2D eigenvalue weighted by atomic mass is 9.98. The fourth-order valence-electron chi connectivity index (χ4n) is 10.3. The van der Waals surface area contributed by atoms with Gasteiger partial charge in [-0.3, -0.25) is 0 Å². The highest BCUT2D eigenvalue weighted by atomic mass is 15.1. The molecule has 0 aliphatic rings. The number of rotatable bonds is 7. The van der Waals surface area contributed by atoms with Crippen LogP contribution in [0.1, 0.15) is 0 Å². The third kappa shape index (κ3) is 6.05. The van der Waals surface area contributed by atoms with Crippen molar-refractivity contribution in [2.75, 3.05) is 4.90 Å². The molecule has 0 spiro atoms. The molecule has 0 aliphatic carbocycles. The maximum Gasteiger partial charge on any atom is 0.0562 e. The number of para-hydroxylation sites is 3. The van der Waals surface area contributed by atoms with Gasteiger partial charge in [-0.25, -0.2) is 0 Å². The first-order valence-corrected chi connectivity index (χ1v) is 22.3. The molecule has 3 nitrogen and oxygen atoms in total. The minimum atomic E-state index is 1.10. The molecule has 0 amide bonds. The predicted octanol–water partition coefficient (Wildman–Crippen LogP) is 17.0. The number of nitrogens with zero attached hydrogens (tertiary/aromatic N) is 3. The zero-order valence-electron chi connectivity index (χ0n) is 35.5. The van der Waals surface area contributed by atoms with Gasteiger partial charge < -0.3 is 14.0 Å². The van der Waals surface area contributed by atoms with Crippen LogP contribution in [0.25, 0.3) is 98.8 Å². The molecule has 13 aromatic rings. The second kappa shape index (κ2) is 15.0. The minimum Gasteiger partial charge on any atom is -0.311 e. The third-order valence-corrected chi connectivity index (χ3v) is 13.3. The number of fused-ring (bicyclic) bond motifs is 9. The van der Waals surface area contributed by atoms with E-state index in [1.54, 1.807) is 0 Å². The summed E-state index contributed by atoms with van der Waals surface area (Å²) in [6, 6.07) is 90.5. The Morgan fingerprint density at radius 2 is 0.769 bits per heavy atom. The van der Waals surface area contributed by atoms with Gasteiger partial charge in [0.05, 0.1) is 22.1 Å². The molecule has 0 N–H and O–H groups in total. The van der Waals surface area contributed by atoms with Gasteiger partial charge in [-0.15, -0.1) is 0 Å². The summed E-state index contributed by atoms with van der Waals surface area (Å²) < 4.78 is 4.87. The van der Waals surface area contributed by atoms with Crippen LogP contribution in [0.15, 0.2) is 249 Å². The zero-order chi connectivity index (χ0) is 42.8. The third-order valence-electron chi connectivity index (χ3n) is 13.3. The summed E-state index contributed by atoms with van der Waals surface area (Å²) in [5.74, 6) is 0. The van der Waals surface area contributed by atoms with Gasteiger partial charge >= 0.3 is 0 Å². The summed E-state index contributed by atoms with van der Waals surface area (Å²) in [7, 11) is 0. The molecule has 304 valence electrons. The van der Waals surface area contributed by atoms with Crippen LogP contribution in [-0.4, -0.2) is 9.13 Å². The van der Waals surface area contributed by atoms with E-state index in [0.29, 0.717) is 0 Å². The summed E-state index contributed by atoms with van der Waals surface area (Å²) in [4.78, 5) is 2.33. The van der Waals surface area contributed by atoms with Gasteiger partial charge in [0.1, 0.15) is 0 Å². The smallest absolute Gasteiger partial charge is 0.0562 e. The van der Waals surface area contributed by atoms with E-state index >= 15 is 0 Å². The fourth-order valence-corrected chi connectivity index (χ4v) is 10.3. The van der Waals surface area contributed by atoms with Gasteiger partial charge in [0.15, 0.2) is 0 Å². The maximum absolute atomic E-state index is 2.46. The summed E-state index contributed by atoms with van der Waals surface area (Å²) >= 11 is 0. The van der Waals surface area contributed by atoms with Crippen molar-refractivity contribution in [3.05, 3.63) is 249 Å². The van der Waals surface area contributed by atoms with E-state index in [-0.39, 0.29) is 0 Å². The van der Waals surface area contributed by atoms with Crippen LogP contribution in [0, 0.1) is 0 Å². The molecule has 2 heterocycles. The number of hydrogen-bond donors (Lipinski definition) is 0. The molecule has 2 aromatic heterocycles. The molecule has 0 saturated carbocycles. The summed E-state index contributed by atoms with van der Waals surface area (Å²) in [6.07, 6.45) is 0. The van der Waals surface area contributed by atoms with Crippen LogP contribution >= 0.6 is 0 Å². The zero-order valence-corrected chi connectivity index (χ0v) is 35.5. The molecular formula is C62H41N3. The van der Waals surface area contributed by atoms with Crippen LogP contribution in [-0.2, 0) is 0 Å². The highest BCUT2D eigenvalue weighted by molar-refractivity contribution is 6.25. The van der Waals surface area contributed by atoms with Crippen LogP contribution in [0.4, 0.5) is 17.1 Å². The highest BCUT2D eigenvalue weighted by Gasteiger charge is 2.20. The molecule has 0 fully saturated rings. The van der Waals surface area contributed by atoms with Crippen LogP contribution in [0.5, 0.6) is 0 Å². The van der Waals surface area contributed by atoms with Gasteiger partial charge in [-0.1, -0.05) is 164 Å². The lowest BCUT2D eigenvalue weighted by Gasteiger charge is -2.26. The van der Waals surface area contributed by atoms with Gasteiger partial charge in [0.2, 0.25) is 0 Å². The van der Waals surface area contributed by atoms with E-state index in [2.05, 4.69) is 263 Å². The fraction of sp³-hybridized carbons (Fsp3) is 0. The first-order chi connectivity index (χ1) is 32.2. The van der Waals surface area contributed by atoms with Crippen molar-refractivity contribution in [1.29, 1.82) is 0 Å². The second-order valence-electron chi connectivity index (χ2n) is 16.9. The van der Waals surface area contributed by atoms with Gasteiger partial charge in [0.25, 0.3) is 0 Å². The van der Waals surface area contributed by atoms with E-state index in [0.717, 1.165) is 28.4 Å². The normalized spacial score (nSPS) is 11.7. The first kappa shape index (κ1) is 36.9. The van der Waals surface area contributed by atoms with Crippen LogP contribution < -0.4 is 4.90 Å². The van der Waals surface area contributed by atoms with Crippen molar-refractivity contribution in [2.24, 2.45) is 0 Å². The van der Waals surface area contributed by atoms with Crippen molar-refractivity contribution in [1.82, 2.24) is 9.13 Å². The average molecular weight is 828 g/mol. The van der Waals surface area contributed by atoms with Crippen molar-refractivity contribution in [3.8, 4) is 33.6 Å². The molecule has 0 saturated heterocycles. The Hall–Kier alpha value is -8.66. The van der Waals surface area contributed by atoms with Gasteiger partial charge in [-0.2, -0.15) is 0 Å². The lowest BCUT2D eigenvalue weighted by Crippen LogP contribution is -2.09. The molecule has 3 heteroatoms. The van der Waals surface area contributed by atoms with Gasteiger partial charge in [-0.05, 0) is 129 Å². The SMILES string of the molecule is c1ccc(N(c2ccc(-c3ccc(-n4c5cc6c(cc5c5c7ccccc7ccc54)c4ccccc4n6-c4ccccc4)cc3)cc2)c2ccc(-c3cccc4ccccc34)cc2)cc1. The number of aromatic nitrogens is 2. The molecule has 0 radical (unpaired) electrons. The molecule has 0 unspecified atom stereocenters. The monoisotopic (exact) mass is 827 g/mol. The van der Waals surface area contributed by atoms with Gasteiger partial charge in [0, 0.05) is 50.0 Å². The standard InChI is InChI=1S/C62H41N3/c1-3-17-47(18-4-1)63(50-37-30-46(31-38-50)53-24-13-16-44-14-7-9-21-52(44)53)49-33-26-42(27-34-49)43-28-35-51(36-29-43)65-59-39-32-45-15-8-10-22-54(45)62(59)57-40-56-55-23-11-12-25-58(55)64(60(56)41-61(57)65)48-19-5-2-6-20-48/h1-41H. The molecule has 11 aromatic carbocycles. The second-order valence-corrected chi connectivity index (χ2v) is 16.9. The average Bonchev–Trinajstić information content (AvgIpc) is 3.89. The quantitative estimate of drug-likeness (QED) is 0.156. The molecule has 0 aliphatic heterocycles. The largest absolute Gasteiger partial charge is 0.311 e. The van der Waals surface area contributed by atoms with E-state index in [9.17, 15) is 0 Å². The van der Waals surface area contributed by atoms with E-state index in [1.165, 1.54) is 87.4 Å². The summed E-state index contributed by atoms with van der Waals surface area (Å²) in [6.45, 7) is 0. The molecular weight excluding hydrogens is 787 g/mol. The van der Waals surface area contributed by atoms with E-state index in [1.807, 2.05) is 0 Å².